The second-order valence-corrected chi connectivity index (χ2v) is 5.91. The highest BCUT2D eigenvalue weighted by molar-refractivity contribution is 5.81. The van der Waals surface area contributed by atoms with Crippen LogP contribution in [0.2, 0.25) is 0 Å². The molecule has 1 aliphatic rings. The van der Waals surface area contributed by atoms with Crippen molar-refractivity contribution in [2.45, 2.75) is 55.1 Å². The van der Waals surface area contributed by atoms with Crippen molar-refractivity contribution in [1.29, 1.82) is 0 Å². The maximum Gasteiger partial charge on any atom is 0.252 e. The molecule has 0 aromatic carbocycles. The molecular weight excluding hydrogens is 370 g/mol. The molecule has 0 saturated carbocycles. The standard InChI is InChI=1S/C15H25NO11/c1-2-3-16-14(25)11(23)10(22)13(6(19)4-17)27-15-12(24)9(21)8(20)7(5-18)26-15/h1,6-13,15,17-24H,3-5H2,(H,16,25)/t6-,7-,8+,9+,10-,11-,12-,13+,15+/m1/s1. The summed E-state index contributed by atoms with van der Waals surface area (Å²) in [6.07, 6.45) is -11.4. The van der Waals surface area contributed by atoms with E-state index in [1.54, 1.807) is 0 Å². The lowest BCUT2D eigenvalue weighted by molar-refractivity contribution is -0.326. The number of hydrogen-bond donors (Lipinski definition) is 9. The Kier molecular flexibility index (Phi) is 9.50. The molecule has 12 heteroatoms. The molecule has 0 bridgehead atoms. The van der Waals surface area contributed by atoms with Crippen LogP contribution in [0.15, 0.2) is 0 Å². The van der Waals surface area contributed by atoms with E-state index < -0.39 is 74.2 Å². The second-order valence-electron chi connectivity index (χ2n) is 5.91. The topological polar surface area (TPSA) is 209 Å². The van der Waals surface area contributed by atoms with E-state index in [1.165, 1.54) is 0 Å². The van der Waals surface area contributed by atoms with E-state index in [1.807, 2.05) is 0 Å². The Hall–Kier alpha value is -1.37. The van der Waals surface area contributed by atoms with Crippen LogP contribution in [0.1, 0.15) is 0 Å². The summed E-state index contributed by atoms with van der Waals surface area (Å²) >= 11 is 0. The largest absolute Gasteiger partial charge is 0.394 e. The fourth-order valence-corrected chi connectivity index (χ4v) is 2.41. The zero-order chi connectivity index (χ0) is 20.7. The molecule has 1 fully saturated rings. The van der Waals surface area contributed by atoms with E-state index in [9.17, 15) is 35.4 Å². The maximum atomic E-state index is 11.7. The Morgan fingerprint density at radius 2 is 1.78 bits per heavy atom. The summed E-state index contributed by atoms with van der Waals surface area (Å²) in [6, 6.07) is 0. The number of ether oxygens (including phenoxy) is 2. The fraction of sp³-hybridized carbons (Fsp3) is 0.800. The van der Waals surface area contributed by atoms with Gasteiger partial charge >= 0.3 is 0 Å². The number of nitrogens with one attached hydrogen (secondary N) is 1. The number of aliphatic hydroxyl groups is 8. The lowest BCUT2D eigenvalue weighted by Gasteiger charge is -2.42. The molecule has 0 aromatic heterocycles. The highest BCUT2D eigenvalue weighted by atomic mass is 16.7. The minimum absolute atomic E-state index is 0.247. The average molecular weight is 395 g/mol. The zero-order valence-corrected chi connectivity index (χ0v) is 14.2. The third-order valence-electron chi connectivity index (χ3n) is 4.00. The van der Waals surface area contributed by atoms with E-state index >= 15 is 0 Å². The van der Waals surface area contributed by atoms with Crippen LogP contribution in [0.5, 0.6) is 0 Å². The van der Waals surface area contributed by atoms with Gasteiger partial charge in [0.2, 0.25) is 0 Å². The number of rotatable bonds is 9. The van der Waals surface area contributed by atoms with Gasteiger partial charge in [-0.3, -0.25) is 4.79 Å². The Bertz CT molecular complexity index is 510. The van der Waals surface area contributed by atoms with Crippen molar-refractivity contribution >= 4 is 5.91 Å². The molecule has 0 unspecified atom stereocenters. The van der Waals surface area contributed by atoms with E-state index in [0.717, 1.165) is 0 Å². The molecule has 9 N–H and O–H groups in total. The second kappa shape index (κ2) is 10.8. The first kappa shape index (κ1) is 23.7. The average Bonchev–Trinajstić information content (AvgIpc) is 2.68. The summed E-state index contributed by atoms with van der Waals surface area (Å²) in [5, 5.41) is 79.6. The highest BCUT2D eigenvalue weighted by Crippen LogP contribution is 2.25. The van der Waals surface area contributed by atoms with Crippen LogP contribution in [0.4, 0.5) is 0 Å². The van der Waals surface area contributed by atoms with Crippen molar-refractivity contribution < 1.29 is 55.1 Å². The van der Waals surface area contributed by atoms with Gasteiger partial charge in [-0.05, 0) is 0 Å². The predicted molar refractivity (Wildman–Crippen MR) is 85.6 cm³/mol. The number of terminal acetylenes is 1. The van der Waals surface area contributed by atoms with Gasteiger partial charge in [-0.2, -0.15) is 0 Å². The van der Waals surface area contributed by atoms with Crippen LogP contribution in [-0.4, -0.2) is 122 Å². The molecule has 0 spiro atoms. The van der Waals surface area contributed by atoms with Crippen molar-refractivity contribution in [1.82, 2.24) is 5.32 Å². The number of aliphatic hydroxyl groups excluding tert-OH is 8. The highest BCUT2D eigenvalue weighted by Gasteiger charge is 2.47. The molecule has 1 saturated heterocycles. The van der Waals surface area contributed by atoms with Crippen LogP contribution >= 0.6 is 0 Å². The predicted octanol–water partition coefficient (Wildman–Crippen LogP) is -6.00. The molecule has 0 aliphatic carbocycles. The van der Waals surface area contributed by atoms with Gasteiger partial charge in [0, 0.05) is 0 Å². The van der Waals surface area contributed by atoms with Crippen LogP contribution in [-0.2, 0) is 14.3 Å². The molecule has 27 heavy (non-hydrogen) atoms. The molecule has 0 aromatic rings. The van der Waals surface area contributed by atoms with Crippen molar-refractivity contribution in [2.75, 3.05) is 19.8 Å². The Morgan fingerprint density at radius 3 is 2.30 bits per heavy atom. The molecule has 9 atom stereocenters. The third kappa shape index (κ3) is 5.80. The number of carbonyl (C=O) groups excluding carboxylic acids is 1. The normalized spacial score (nSPS) is 32.8. The summed E-state index contributed by atoms with van der Waals surface area (Å²) in [4.78, 5) is 11.7. The minimum Gasteiger partial charge on any atom is -0.394 e. The van der Waals surface area contributed by atoms with E-state index in [0.29, 0.717) is 0 Å². The molecule has 156 valence electrons. The molecule has 1 aliphatic heterocycles. The molecule has 0 radical (unpaired) electrons. The molecule has 1 heterocycles. The van der Waals surface area contributed by atoms with Gasteiger partial charge in [0.25, 0.3) is 5.91 Å². The van der Waals surface area contributed by atoms with Gasteiger partial charge in [-0.15, -0.1) is 6.42 Å². The quantitative estimate of drug-likeness (QED) is 0.168. The molecule has 1 rings (SSSR count). The van der Waals surface area contributed by atoms with Gasteiger partial charge in [0.05, 0.1) is 19.8 Å². The first-order valence-electron chi connectivity index (χ1n) is 8.01. The summed E-state index contributed by atoms with van der Waals surface area (Å²) in [5.74, 6) is 0.984. The van der Waals surface area contributed by atoms with Gasteiger partial charge < -0.3 is 55.6 Å². The first-order chi connectivity index (χ1) is 12.7. The fourth-order valence-electron chi connectivity index (χ4n) is 2.41. The van der Waals surface area contributed by atoms with Gasteiger partial charge in [-0.25, -0.2) is 0 Å². The Balaban J connectivity index is 2.93. The molecular formula is C15H25NO11. The van der Waals surface area contributed by atoms with E-state index in [4.69, 9.17) is 26.1 Å². The van der Waals surface area contributed by atoms with Crippen molar-refractivity contribution in [3.63, 3.8) is 0 Å². The van der Waals surface area contributed by atoms with Gasteiger partial charge in [0.1, 0.15) is 42.7 Å². The van der Waals surface area contributed by atoms with E-state index in [-0.39, 0.29) is 6.54 Å². The SMILES string of the molecule is C#CCNC(=O)[C@H](O)[C@@H](O)[C@@H](O[C@@H]1O[C@H](CO)[C@H](O)[C@H](O)[C@H]1O)[C@H](O)CO. The zero-order valence-electron chi connectivity index (χ0n) is 14.2. The maximum absolute atomic E-state index is 11.7. The Morgan fingerprint density at radius 1 is 1.15 bits per heavy atom. The number of hydrogen-bond acceptors (Lipinski definition) is 11. The van der Waals surface area contributed by atoms with Crippen molar-refractivity contribution in [2.24, 2.45) is 0 Å². The van der Waals surface area contributed by atoms with Gasteiger partial charge in [0.15, 0.2) is 12.4 Å². The smallest absolute Gasteiger partial charge is 0.252 e. The lowest BCUT2D eigenvalue weighted by atomic mass is 9.98. The molecule has 1 amide bonds. The van der Waals surface area contributed by atoms with E-state index in [2.05, 4.69) is 11.2 Å². The summed E-state index contributed by atoms with van der Waals surface area (Å²) < 4.78 is 10.2. The monoisotopic (exact) mass is 395 g/mol. The van der Waals surface area contributed by atoms with Crippen LogP contribution in [0.25, 0.3) is 0 Å². The third-order valence-corrected chi connectivity index (χ3v) is 4.00. The van der Waals surface area contributed by atoms with Crippen LogP contribution < -0.4 is 5.32 Å². The summed E-state index contributed by atoms with van der Waals surface area (Å²) in [6.45, 7) is -1.96. The first-order valence-corrected chi connectivity index (χ1v) is 8.01. The van der Waals surface area contributed by atoms with Crippen molar-refractivity contribution in [3.05, 3.63) is 0 Å². The minimum atomic E-state index is -2.13. The Labute approximate surface area is 154 Å². The summed E-state index contributed by atoms with van der Waals surface area (Å²) in [7, 11) is 0. The molecule has 12 nitrogen and oxygen atoms in total. The number of carbonyl (C=O) groups is 1. The van der Waals surface area contributed by atoms with Crippen LogP contribution in [0.3, 0.4) is 0 Å². The van der Waals surface area contributed by atoms with Crippen molar-refractivity contribution in [3.8, 4) is 12.3 Å². The lowest BCUT2D eigenvalue weighted by Crippen LogP contribution is -2.62. The summed E-state index contributed by atoms with van der Waals surface area (Å²) in [5.41, 5.74) is 0. The number of amides is 1. The van der Waals surface area contributed by atoms with Crippen LogP contribution in [0, 0.1) is 12.3 Å². The van der Waals surface area contributed by atoms with Gasteiger partial charge in [-0.1, -0.05) is 5.92 Å².